The van der Waals surface area contributed by atoms with Crippen LogP contribution in [0.2, 0.25) is 0 Å². The van der Waals surface area contributed by atoms with Crippen molar-refractivity contribution in [3.63, 3.8) is 0 Å². The molecular weight excluding hydrogens is 186 g/mol. The topological polar surface area (TPSA) is 95.1 Å². The molecule has 1 heterocycles. The van der Waals surface area contributed by atoms with E-state index >= 15 is 0 Å². The van der Waals surface area contributed by atoms with Gasteiger partial charge in [0.05, 0.1) is 12.6 Å². The third kappa shape index (κ3) is 2.89. The highest BCUT2D eigenvalue weighted by molar-refractivity contribution is 5.82. The molecule has 0 unspecified atom stereocenters. The number of carboxylic acid groups (broad SMARTS) is 1. The van der Waals surface area contributed by atoms with Gasteiger partial charge in [-0.2, -0.15) is 5.10 Å². The van der Waals surface area contributed by atoms with Crippen LogP contribution in [0.15, 0.2) is 6.20 Å². The van der Waals surface area contributed by atoms with Gasteiger partial charge in [-0.05, 0) is 6.92 Å². The lowest BCUT2D eigenvalue weighted by Gasteiger charge is -2.00. The Balaban J connectivity index is 2.42. The van der Waals surface area contributed by atoms with Crippen molar-refractivity contribution in [1.29, 1.82) is 0 Å². The Morgan fingerprint density at radius 3 is 2.86 bits per heavy atom. The van der Waals surface area contributed by atoms with Crippen molar-refractivity contribution in [1.82, 2.24) is 15.5 Å². The molecule has 0 spiro atoms. The summed E-state index contributed by atoms with van der Waals surface area (Å²) < 4.78 is 0. The van der Waals surface area contributed by atoms with E-state index in [9.17, 15) is 9.59 Å². The Kier molecular flexibility index (Phi) is 3.22. The lowest BCUT2D eigenvalue weighted by Crippen LogP contribution is -2.30. The average Bonchev–Trinajstić information content (AvgIpc) is 2.49. The van der Waals surface area contributed by atoms with Crippen LogP contribution in [0.4, 0.5) is 0 Å². The quantitative estimate of drug-likeness (QED) is 0.604. The fourth-order valence-corrected chi connectivity index (χ4v) is 0.964. The molecule has 6 heteroatoms. The standard InChI is InChI=1S/C8H11N3O3/c1-5-6(3-10-11-5)2-7(12)9-4-8(13)14/h3H,2,4H2,1H3,(H,9,12)(H,10,11)(H,13,14). The zero-order valence-electron chi connectivity index (χ0n) is 7.70. The summed E-state index contributed by atoms with van der Waals surface area (Å²) >= 11 is 0. The molecule has 0 aromatic carbocycles. The van der Waals surface area contributed by atoms with Crippen molar-refractivity contribution in [2.45, 2.75) is 13.3 Å². The van der Waals surface area contributed by atoms with Crippen LogP contribution < -0.4 is 5.32 Å². The van der Waals surface area contributed by atoms with E-state index in [-0.39, 0.29) is 18.9 Å². The second-order valence-corrected chi connectivity index (χ2v) is 2.87. The van der Waals surface area contributed by atoms with Crippen molar-refractivity contribution < 1.29 is 14.7 Å². The number of aromatic nitrogens is 2. The van der Waals surface area contributed by atoms with Gasteiger partial charge in [-0.3, -0.25) is 14.7 Å². The van der Waals surface area contributed by atoms with Gasteiger partial charge in [0.25, 0.3) is 0 Å². The lowest BCUT2D eigenvalue weighted by atomic mass is 10.2. The van der Waals surface area contributed by atoms with Crippen molar-refractivity contribution in [3.8, 4) is 0 Å². The first-order chi connectivity index (χ1) is 6.59. The van der Waals surface area contributed by atoms with Gasteiger partial charge in [-0.25, -0.2) is 0 Å². The number of aryl methyl sites for hydroxylation is 1. The van der Waals surface area contributed by atoms with E-state index < -0.39 is 5.97 Å². The molecule has 0 saturated heterocycles. The van der Waals surface area contributed by atoms with Gasteiger partial charge in [-0.1, -0.05) is 0 Å². The number of aromatic amines is 1. The molecule has 0 aliphatic carbocycles. The number of amides is 1. The molecule has 1 rings (SSSR count). The van der Waals surface area contributed by atoms with E-state index in [1.54, 1.807) is 13.1 Å². The summed E-state index contributed by atoms with van der Waals surface area (Å²) in [6.07, 6.45) is 1.70. The van der Waals surface area contributed by atoms with Crippen LogP contribution in [0.5, 0.6) is 0 Å². The Morgan fingerprint density at radius 1 is 1.64 bits per heavy atom. The van der Waals surface area contributed by atoms with Crippen LogP contribution in [0.25, 0.3) is 0 Å². The summed E-state index contributed by atoms with van der Waals surface area (Å²) in [5, 5.41) is 17.0. The number of nitrogens with zero attached hydrogens (tertiary/aromatic N) is 1. The highest BCUT2D eigenvalue weighted by Gasteiger charge is 2.07. The molecule has 0 aliphatic rings. The van der Waals surface area contributed by atoms with E-state index in [1.807, 2.05) is 0 Å². The summed E-state index contributed by atoms with van der Waals surface area (Å²) in [6, 6.07) is 0. The highest BCUT2D eigenvalue weighted by Crippen LogP contribution is 2.02. The van der Waals surface area contributed by atoms with E-state index in [1.165, 1.54) is 0 Å². The number of H-pyrrole nitrogens is 1. The summed E-state index contributed by atoms with van der Waals surface area (Å²) in [5.41, 5.74) is 1.59. The molecular formula is C8H11N3O3. The molecule has 1 aromatic heterocycles. The highest BCUT2D eigenvalue weighted by atomic mass is 16.4. The lowest BCUT2D eigenvalue weighted by molar-refractivity contribution is -0.137. The maximum atomic E-state index is 11.2. The third-order valence-corrected chi connectivity index (χ3v) is 1.72. The summed E-state index contributed by atoms with van der Waals surface area (Å²) in [7, 11) is 0. The van der Waals surface area contributed by atoms with Gasteiger partial charge in [0, 0.05) is 11.3 Å². The first-order valence-corrected chi connectivity index (χ1v) is 4.07. The minimum Gasteiger partial charge on any atom is -0.480 e. The summed E-state index contributed by atoms with van der Waals surface area (Å²) in [5.74, 6) is -1.38. The molecule has 0 atom stereocenters. The van der Waals surface area contributed by atoms with Crippen LogP contribution in [-0.4, -0.2) is 33.7 Å². The fraction of sp³-hybridized carbons (Fsp3) is 0.375. The fourth-order valence-electron chi connectivity index (χ4n) is 0.964. The summed E-state index contributed by atoms with van der Waals surface area (Å²) in [6.45, 7) is 1.45. The predicted molar refractivity (Wildman–Crippen MR) is 47.7 cm³/mol. The van der Waals surface area contributed by atoms with Crippen molar-refractivity contribution in [2.24, 2.45) is 0 Å². The van der Waals surface area contributed by atoms with Gasteiger partial charge in [0.15, 0.2) is 0 Å². The number of carboxylic acids is 1. The molecule has 0 radical (unpaired) electrons. The van der Waals surface area contributed by atoms with E-state index in [4.69, 9.17) is 5.11 Å². The Bertz CT molecular complexity index is 345. The minimum atomic E-state index is -1.05. The molecule has 1 amide bonds. The largest absolute Gasteiger partial charge is 0.480 e. The van der Waals surface area contributed by atoms with Crippen LogP contribution in [0, 0.1) is 6.92 Å². The summed E-state index contributed by atoms with van der Waals surface area (Å²) in [4.78, 5) is 21.3. The molecule has 0 bridgehead atoms. The van der Waals surface area contributed by atoms with Gasteiger partial charge in [0.2, 0.25) is 5.91 Å². The van der Waals surface area contributed by atoms with Crippen molar-refractivity contribution in [2.75, 3.05) is 6.54 Å². The maximum absolute atomic E-state index is 11.2. The third-order valence-electron chi connectivity index (χ3n) is 1.72. The number of carbonyl (C=O) groups excluding carboxylic acids is 1. The van der Waals surface area contributed by atoms with Crippen molar-refractivity contribution in [3.05, 3.63) is 17.5 Å². The number of nitrogens with one attached hydrogen (secondary N) is 2. The maximum Gasteiger partial charge on any atom is 0.322 e. The number of carbonyl (C=O) groups is 2. The van der Waals surface area contributed by atoms with Crippen LogP contribution >= 0.6 is 0 Å². The van der Waals surface area contributed by atoms with E-state index in [0.29, 0.717) is 0 Å². The molecule has 14 heavy (non-hydrogen) atoms. The van der Waals surface area contributed by atoms with E-state index in [0.717, 1.165) is 11.3 Å². The first kappa shape index (κ1) is 10.2. The van der Waals surface area contributed by atoms with E-state index in [2.05, 4.69) is 15.5 Å². The predicted octanol–water partition coefficient (Wildman–Crippen LogP) is -0.539. The smallest absolute Gasteiger partial charge is 0.322 e. The average molecular weight is 197 g/mol. The minimum absolute atomic E-state index is 0.148. The van der Waals surface area contributed by atoms with Crippen LogP contribution in [-0.2, 0) is 16.0 Å². The molecule has 0 fully saturated rings. The van der Waals surface area contributed by atoms with Gasteiger partial charge >= 0.3 is 5.97 Å². The monoisotopic (exact) mass is 197 g/mol. The second-order valence-electron chi connectivity index (χ2n) is 2.87. The number of aliphatic carboxylic acids is 1. The Hall–Kier alpha value is -1.85. The van der Waals surface area contributed by atoms with Crippen LogP contribution in [0.1, 0.15) is 11.3 Å². The van der Waals surface area contributed by atoms with Crippen LogP contribution in [0.3, 0.4) is 0 Å². The molecule has 3 N–H and O–H groups in total. The zero-order chi connectivity index (χ0) is 10.6. The Labute approximate surface area is 80.3 Å². The number of hydrogen-bond donors (Lipinski definition) is 3. The molecule has 6 nitrogen and oxygen atoms in total. The number of hydrogen-bond acceptors (Lipinski definition) is 3. The molecule has 1 aromatic rings. The van der Waals surface area contributed by atoms with Gasteiger partial charge < -0.3 is 10.4 Å². The Morgan fingerprint density at radius 2 is 2.36 bits per heavy atom. The normalized spacial score (nSPS) is 9.79. The second kappa shape index (κ2) is 4.40. The molecule has 76 valence electrons. The number of rotatable bonds is 4. The molecule has 0 aliphatic heterocycles. The SMILES string of the molecule is Cc1[nH]ncc1CC(=O)NCC(=O)O. The first-order valence-electron chi connectivity index (χ1n) is 4.07. The zero-order valence-corrected chi connectivity index (χ0v) is 7.70. The van der Waals surface area contributed by atoms with Gasteiger partial charge in [0.1, 0.15) is 6.54 Å². The van der Waals surface area contributed by atoms with Gasteiger partial charge in [-0.15, -0.1) is 0 Å². The van der Waals surface area contributed by atoms with Crippen molar-refractivity contribution >= 4 is 11.9 Å². The molecule has 0 saturated carbocycles.